The van der Waals surface area contributed by atoms with Crippen LogP contribution in [0.4, 0.5) is 0 Å². The average molecular weight is 354 g/mol. The Hall–Kier alpha value is -3.64. The van der Waals surface area contributed by atoms with Crippen LogP contribution in [0.25, 0.3) is 5.57 Å². The molecule has 0 aromatic heterocycles. The van der Waals surface area contributed by atoms with Crippen LogP contribution in [0.2, 0.25) is 0 Å². The molecule has 0 radical (unpaired) electrons. The molecule has 0 unspecified atom stereocenters. The topological polar surface area (TPSA) is 38.7 Å². The Labute approximate surface area is 158 Å². The molecule has 0 amide bonds. The molecule has 0 aliphatic carbocycles. The van der Waals surface area contributed by atoms with Gasteiger partial charge in [0.05, 0.1) is 18.2 Å². The summed E-state index contributed by atoms with van der Waals surface area (Å²) >= 11 is 0. The Balaban J connectivity index is 1.77. The smallest absolute Gasteiger partial charge is 0.146 e. The Kier molecular flexibility index (Phi) is 4.55. The zero-order valence-electron chi connectivity index (χ0n) is 14.9. The second-order valence-corrected chi connectivity index (χ2v) is 6.11. The number of aromatic hydroxyl groups is 1. The third kappa shape index (κ3) is 3.38. The monoisotopic (exact) mass is 354 g/mol. The van der Waals surface area contributed by atoms with Crippen LogP contribution in [0.15, 0.2) is 72.8 Å². The standard InChI is InChI=1S/C24H18O3/c1-26-20-12-9-18(10-13-20)21-15-16-27-24-19(11-14-22(25)23(21)24)8-7-17-5-3-2-4-6-17/h2-6,9-15,25H,16H2,1H3. The molecule has 1 heterocycles. The van der Waals surface area contributed by atoms with Crippen LogP contribution in [-0.4, -0.2) is 18.8 Å². The van der Waals surface area contributed by atoms with E-state index in [1.165, 1.54) is 0 Å². The molecule has 3 aromatic carbocycles. The molecule has 3 aromatic rings. The van der Waals surface area contributed by atoms with E-state index in [0.29, 0.717) is 17.9 Å². The largest absolute Gasteiger partial charge is 0.507 e. The van der Waals surface area contributed by atoms with Crippen molar-refractivity contribution in [1.82, 2.24) is 0 Å². The first-order valence-electron chi connectivity index (χ1n) is 8.67. The van der Waals surface area contributed by atoms with Crippen molar-refractivity contribution in [2.45, 2.75) is 0 Å². The van der Waals surface area contributed by atoms with E-state index < -0.39 is 0 Å². The molecule has 0 saturated carbocycles. The summed E-state index contributed by atoms with van der Waals surface area (Å²) in [6, 6.07) is 21.0. The molecule has 0 atom stereocenters. The maximum Gasteiger partial charge on any atom is 0.146 e. The molecule has 132 valence electrons. The molecule has 0 spiro atoms. The highest BCUT2D eigenvalue weighted by Gasteiger charge is 2.22. The van der Waals surface area contributed by atoms with Gasteiger partial charge in [0, 0.05) is 5.56 Å². The van der Waals surface area contributed by atoms with Gasteiger partial charge < -0.3 is 14.6 Å². The van der Waals surface area contributed by atoms with Crippen LogP contribution in [0.1, 0.15) is 22.3 Å². The Morgan fingerprint density at radius 3 is 2.44 bits per heavy atom. The van der Waals surface area contributed by atoms with Crippen molar-refractivity contribution in [2.24, 2.45) is 0 Å². The minimum atomic E-state index is 0.178. The summed E-state index contributed by atoms with van der Waals surface area (Å²) in [4.78, 5) is 0. The van der Waals surface area contributed by atoms with E-state index >= 15 is 0 Å². The Morgan fingerprint density at radius 2 is 1.70 bits per heavy atom. The summed E-state index contributed by atoms with van der Waals surface area (Å²) in [5.41, 5.74) is 4.28. The quantitative estimate of drug-likeness (QED) is 0.682. The van der Waals surface area contributed by atoms with Gasteiger partial charge in [-0.3, -0.25) is 0 Å². The van der Waals surface area contributed by atoms with Crippen molar-refractivity contribution in [3.05, 3.63) is 95.1 Å². The van der Waals surface area contributed by atoms with Crippen molar-refractivity contribution in [3.63, 3.8) is 0 Å². The number of fused-ring (bicyclic) bond motifs is 1. The number of methoxy groups -OCH3 is 1. The average Bonchev–Trinajstić information content (AvgIpc) is 2.74. The van der Waals surface area contributed by atoms with Crippen LogP contribution in [0.5, 0.6) is 17.2 Å². The van der Waals surface area contributed by atoms with Crippen molar-refractivity contribution >= 4 is 5.57 Å². The summed E-state index contributed by atoms with van der Waals surface area (Å²) in [7, 11) is 1.64. The lowest BCUT2D eigenvalue weighted by Gasteiger charge is -2.21. The van der Waals surface area contributed by atoms with E-state index in [2.05, 4.69) is 11.8 Å². The number of ether oxygens (including phenoxy) is 2. The zero-order chi connectivity index (χ0) is 18.6. The number of hydrogen-bond acceptors (Lipinski definition) is 3. The fourth-order valence-electron chi connectivity index (χ4n) is 3.09. The van der Waals surface area contributed by atoms with Gasteiger partial charge in [0.2, 0.25) is 0 Å². The lowest BCUT2D eigenvalue weighted by Crippen LogP contribution is -2.07. The van der Waals surface area contributed by atoms with Gasteiger partial charge in [-0.25, -0.2) is 0 Å². The summed E-state index contributed by atoms with van der Waals surface area (Å²) in [5, 5.41) is 10.5. The molecular formula is C24H18O3. The molecule has 0 saturated heterocycles. The molecule has 27 heavy (non-hydrogen) atoms. The van der Waals surface area contributed by atoms with Crippen LogP contribution in [-0.2, 0) is 0 Å². The van der Waals surface area contributed by atoms with Crippen LogP contribution in [0, 0.1) is 11.8 Å². The minimum absolute atomic E-state index is 0.178. The molecule has 1 N–H and O–H groups in total. The van der Waals surface area contributed by atoms with E-state index in [-0.39, 0.29) is 5.75 Å². The summed E-state index contributed by atoms with van der Waals surface area (Å²) < 4.78 is 11.1. The van der Waals surface area contributed by atoms with Gasteiger partial charge in [0.15, 0.2) is 0 Å². The van der Waals surface area contributed by atoms with Gasteiger partial charge in [-0.05, 0) is 53.6 Å². The van der Waals surface area contributed by atoms with E-state index in [4.69, 9.17) is 9.47 Å². The fourth-order valence-corrected chi connectivity index (χ4v) is 3.09. The number of benzene rings is 3. The van der Waals surface area contributed by atoms with E-state index in [1.807, 2.05) is 60.7 Å². The highest BCUT2D eigenvalue weighted by molar-refractivity contribution is 5.88. The van der Waals surface area contributed by atoms with Gasteiger partial charge in [-0.15, -0.1) is 0 Å². The maximum absolute atomic E-state index is 10.5. The first kappa shape index (κ1) is 16.8. The maximum atomic E-state index is 10.5. The fraction of sp³-hybridized carbons (Fsp3) is 0.0833. The first-order valence-corrected chi connectivity index (χ1v) is 8.67. The van der Waals surface area contributed by atoms with Crippen LogP contribution in [0.3, 0.4) is 0 Å². The molecular weight excluding hydrogens is 336 g/mol. The molecule has 1 aliphatic rings. The van der Waals surface area contributed by atoms with Crippen molar-refractivity contribution in [3.8, 4) is 29.1 Å². The molecule has 0 fully saturated rings. The number of phenols is 1. The SMILES string of the molecule is COc1ccc(C2=CCOc3c(C#Cc4ccccc4)ccc(O)c32)cc1. The molecule has 4 rings (SSSR count). The first-order chi connectivity index (χ1) is 13.3. The van der Waals surface area contributed by atoms with E-state index in [9.17, 15) is 5.11 Å². The zero-order valence-corrected chi connectivity index (χ0v) is 14.9. The minimum Gasteiger partial charge on any atom is -0.507 e. The van der Waals surface area contributed by atoms with Gasteiger partial charge in [0.25, 0.3) is 0 Å². The highest BCUT2D eigenvalue weighted by atomic mass is 16.5. The van der Waals surface area contributed by atoms with Gasteiger partial charge in [-0.2, -0.15) is 0 Å². The van der Waals surface area contributed by atoms with Crippen LogP contribution < -0.4 is 9.47 Å². The molecule has 3 nitrogen and oxygen atoms in total. The number of hydrogen-bond donors (Lipinski definition) is 1. The molecule has 3 heteroatoms. The second kappa shape index (κ2) is 7.31. The number of phenolic OH excluding ortho intramolecular Hbond substituents is 1. The predicted molar refractivity (Wildman–Crippen MR) is 106 cm³/mol. The third-order valence-electron chi connectivity index (χ3n) is 4.44. The third-order valence-corrected chi connectivity index (χ3v) is 4.44. The highest BCUT2D eigenvalue weighted by Crippen LogP contribution is 2.42. The van der Waals surface area contributed by atoms with Crippen molar-refractivity contribution < 1.29 is 14.6 Å². The summed E-state index contributed by atoms with van der Waals surface area (Å²) in [5.74, 6) is 7.91. The Morgan fingerprint density at radius 1 is 0.926 bits per heavy atom. The van der Waals surface area contributed by atoms with Gasteiger partial charge in [0.1, 0.15) is 23.9 Å². The normalized spacial score (nSPS) is 12.1. The Bertz CT molecular complexity index is 1050. The summed E-state index contributed by atoms with van der Waals surface area (Å²) in [6.07, 6.45) is 1.97. The summed E-state index contributed by atoms with van der Waals surface area (Å²) in [6.45, 7) is 0.428. The van der Waals surface area contributed by atoms with Gasteiger partial charge >= 0.3 is 0 Å². The lowest BCUT2D eigenvalue weighted by atomic mass is 9.92. The molecule has 0 bridgehead atoms. The van der Waals surface area contributed by atoms with Gasteiger partial charge in [-0.1, -0.05) is 42.2 Å². The van der Waals surface area contributed by atoms with E-state index in [1.54, 1.807) is 19.2 Å². The van der Waals surface area contributed by atoms with Crippen molar-refractivity contribution in [2.75, 3.05) is 13.7 Å². The number of rotatable bonds is 2. The second-order valence-electron chi connectivity index (χ2n) is 6.11. The van der Waals surface area contributed by atoms with Crippen LogP contribution >= 0.6 is 0 Å². The van der Waals surface area contributed by atoms with Crippen molar-refractivity contribution in [1.29, 1.82) is 0 Å². The predicted octanol–water partition coefficient (Wildman–Crippen LogP) is 4.62. The van der Waals surface area contributed by atoms with E-state index in [0.717, 1.165) is 28.0 Å². The molecule has 1 aliphatic heterocycles. The lowest BCUT2D eigenvalue weighted by molar-refractivity contribution is 0.352.